The minimum Gasteiger partial charge on any atom is -0.330 e. The van der Waals surface area contributed by atoms with Crippen molar-refractivity contribution in [1.82, 2.24) is 4.98 Å². The van der Waals surface area contributed by atoms with E-state index >= 15 is 0 Å². The Labute approximate surface area is 92.7 Å². The van der Waals surface area contributed by atoms with Crippen LogP contribution in [0.15, 0.2) is 24.5 Å². The van der Waals surface area contributed by atoms with E-state index in [1.54, 1.807) is 12.1 Å². The number of pyridine rings is 1. The van der Waals surface area contributed by atoms with Crippen molar-refractivity contribution in [3.63, 3.8) is 0 Å². The van der Waals surface area contributed by atoms with E-state index in [9.17, 15) is 13.2 Å². The Hall–Kier alpha value is -1.10. The Morgan fingerprint density at radius 2 is 1.88 bits per heavy atom. The van der Waals surface area contributed by atoms with Crippen molar-refractivity contribution >= 4 is 0 Å². The number of rotatable bonds is 4. The van der Waals surface area contributed by atoms with E-state index < -0.39 is 18.0 Å². The van der Waals surface area contributed by atoms with Gasteiger partial charge in [-0.05, 0) is 36.6 Å². The van der Waals surface area contributed by atoms with Crippen molar-refractivity contribution in [1.29, 1.82) is 0 Å². The van der Waals surface area contributed by atoms with Gasteiger partial charge in [0.15, 0.2) is 0 Å². The first-order valence-corrected chi connectivity index (χ1v) is 5.13. The van der Waals surface area contributed by atoms with Crippen LogP contribution in [-0.4, -0.2) is 17.7 Å². The molecular formula is C11H15F3N2. The van der Waals surface area contributed by atoms with E-state index in [2.05, 4.69) is 4.98 Å². The molecule has 2 nitrogen and oxygen atoms in total. The Morgan fingerprint density at radius 3 is 2.31 bits per heavy atom. The number of halogens is 3. The zero-order valence-electron chi connectivity index (χ0n) is 9.04. The van der Waals surface area contributed by atoms with Gasteiger partial charge in [-0.3, -0.25) is 4.98 Å². The highest BCUT2D eigenvalue weighted by Gasteiger charge is 2.41. The highest BCUT2D eigenvalue weighted by Crippen LogP contribution is 2.38. The van der Waals surface area contributed by atoms with Gasteiger partial charge in [-0.25, -0.2) is 0 Å². The Bertz CT molecular complexity index is 311. The molecule has 16 heavy (non-hydrogen) atoms. The second-order valence-electron chi connectivity index (χ2n) is 3.79. The van der Waals surface area contributed by atoms with E-state index in [-0.39, 0.29) is 6.54 Å². The number of nitrogens with zero attached hydrogens (tertiary/aromatic N) is 1. The lowest BCUT2D eigenvalue weighted by Gasteiger charge is -2.25. The van der Waals surface area contributed by atoms with Crippen molar-refractivity contribution in [3.05, 3.63) is 30.1 Å². The lowest BCUT2D eigenvalue weighted by atomic mass is 9.85. The van der Waals surface area contributed by atoms with Crippen LogP contribution in [0.2, 0.25) is 0 Å². The average Bonchev–Trinajstić information content (AvgIpc) is 2.25. The van der Waals surface area contributed by atoms with E-state index in [0.717, 1.165) is 0 Å². The second kappa shape index (κ2) is 5.30. The molecule has 5 heteroatoms. The molecule has 0 saturated carbocycles. The van der Waals surface area contributed by atoms with Gasteiger partial charge in [-0.1, -0.05) is 6.92 Å². The first-order valence-electron chi connectivity index (χ1n) is 5.13. The van der Waals surface area contributed by atoms with E-state index in [0.29, 0.717) is 12.0 Å². The highest BCUT2D eigenvalue weighted by molar-refractivity contribution is 5.17. The summed E-state index contributed by atoms with van der Waals surface area (Å²) in [6.07, 6.45) is -0.863. The number of aromatic nitrogens is 1. The fourth-order valence-corrected chi connectivity index (χ4v) is 1.72. The van der Waals surface area contributed by atoms with Crippen molar-refractivity contribution in [2.24, 2.45) is 11.7 Å². The monoisotopic (exact) mass is 232 g/mol. The zero-order valence-corrected chi connectivity index (χ0v) is 9.04. The largest absolute Gasteiger partial charge is 0.392 e. The van der Waals surface area contributed by atoms with Gasteiger partial charge < -0.3 is 5.73 Å². The third-order valence-electron chi connectivity index (χ3n) is 2.73. The zero-order chi connectivity index (χ0) is 12.2. The number of hydrogen-bond donors (Lipinski definition) is 1. The van der Waals surface area contributed by atoms with Gasteiger partial charge in [0.25, 0.3) is 0 Å². The molecule has 0 saturated heterocycles. The predicted molar refractivity (Wildman–Crippen MR) is 55.9 cm³/mol. The summed E-state index contributed by atoms with van der Waals surface area (Å²) in [6.45, 7) is 1.44. The third kappa shape index (κ3) is 3.20. The minimum absolute atomic E-state index is 0.243. The normalized spacial score (nSPS) is 15.8. The van der Waals surface area contributed by atoms with Gasteiger partial charge in [0.2, 0.25) is 0 Å². The summed E-state index contributed by atoms with van der Waals surface area (Å²) in [7, 11) is 0. The third-order valence-corrected chi connectivity index (χ3v) is 2.73. The molecule has 0 bridgehead atoms. The molecule has 0 amide bonds. The summed E-state index contributed by atoms with van der Waals surface area (Å²) in [4.78, 5) is 3.80. The van der Waals surface area contributed by atoms with Crippen LogP contribution in [0.1, 0.15) is 24.8 Å². The standard InChI is InChI=1S/C11H15F3N2/c1-8(11(12,13)14)10(2-5-15)9-3-6-16-7-4-9/h3-4,6-8,10H,2,5,15H2,1H3. The molecule has 0 radical (unpaired) electrons. The van der Waals surface area contributed by atoms with Gasteiger partial charge >= 0.3 is 6.18 Å². The summed E-state index contributed by atoms with van der Waals surface area (Å²) in [5, 5.41) is 0. The molecule has 0 spiro atoms. The topological polar surface area (TPSA) is 38.9 Å². The summed E-state index contributed by atoms with van der Waals surface area (Å²) >= 11 is 0. The van der Waals surface area contributed by atoms with Crippen LogP contribution in [0.4, 0.5) is 13.2 Å². The quantitative estimate of drug-likeness (QED) is 0.866. The van der Waals surface area contributed by atoms with Gasteiger partial charge in [0.1, 0.15) is 0 Å². The summed E-state index contributed by atoms with van der Waals surface area (Å²) in [5.41, 5.74) is 6.01. The Balaban J connectivity index is 2.92. The lowest BCUT2D eigenvalue weighted by molar-refractivity contribution is -0.176. The fraction of sp³-hybridized carbons (Fsp3) is 0.545. The molecule has 2 N–H and O–H groups in total. The summed E-state index contributed by atoms with van der Waals surface area (Å²) < 4.78 is 38.0. The predicted octanol–water partition coefficient (Wildman–Crippen LogP) is 2.71. The smallest absolute Gasteiger partial charge is 0.330 e. The average molecular weight is 232 g/mol. The van der Waals surface area contributed by atoms with Crippen molar-refractivity contribution in [2.75, 3.05) is 6.54 Å². The molecule has 0 aliphatic heterocycles. The first-order chi connectivity index (χ1) is 7.46. The van der Waals surface area contributed by atoms with Crippen LogP contribution < -0.4 is 5.73 Å². The van der Waals surface area contributed by atoms with Crippen LogP contribution >= 0.6 is 0 Å². The number of nitrogens with two attached hydrogens (primary N) is 1. The van der Waals surface area contributed by atoms with Crippen LogP contribution in [0, 0.1) is 5.92 Å². The van der Waals surface area contributed by atoms with Crippen LogP contribution in [0.3, 0.4) is 0 Å². The van der Waals surface area contributed by atoms with Crippen LogP contribution in [0.5, 0.6) is 0 Å². The van der Waals surface area contributed by atoms with Crippen molar-refractivity contribution in [2.45, 2.75) is 25.4 Å². The molecule has 1 aromatic heterocycles. The van der Waals surface area contributed by atoms with Gasteiger partial charge in [0, 0.05) is 12.4 Å². The molecule has 2 atom stereocenters. The highest BCUT2D eigenvalue weighted by atomic mass is 19.4. The molecule has 1 rings (SSSR count). The fourth-order valence-electron chi connectivity index (χ4n) is 1.72. The second-order valence-corrected chi connectivity index (χ2v) is 3.79. The molecule has 1 heterocycles. The molecule has 0 aromatic carbocycles. The van der Waals surface area contributed by atoms with Crippen molar-refractivity contribution in [3.8, 4) is 0 Å². The van der Waals surface area contributed by atoms with E-state index in [1.807, 2.05) is 0 Å². The summed E-state index contributed by atoms with van der Waals surface area (Å²) in [6, 6.07) is 3.23. The maximum Gasteiger partial charge on any atom is 0.392 e. The van der Waals surface area contributed by atoms with Crippen LogP contribution in [-0.2, 0) is 0 Å². The maximum atomic E-state index is 12.7. The van der Waals surface area contributed by atoms with Gasteiger partial charge in [0.05, 0.1) is 5.92 Å². The minimum atomic E-state index is -4.19. The Kier molecular flexibility index (Phi) is 4.29. The number of alkyl halides is 3. The molecule has 0 aliphatic carbocycles. The van der Waals surface area contributed by atoms with Gasteiger partial charge in [-0.15, -0.1) is 0 Å². The molecular weight excluding hydrogens is 217 g/mol. The first kappa shape index (κ1) is 13.0. The maximum absolute atomic E-state index is 12.7. The van der Waals surface area contributed by atoms with E-state index in [1.165, 1.54) is 19.3 Å². The molecule has 0 aliphatic rings. The SMILES string of the molecule is CC(C(CCN)c1ccncc1)C(F)(F)F. The van der Waals surface area contributed by atoms with E-state index in [4.69, 9.17) is 5.73 Å². The van der Waals surface area contributed by atoms with Crippen LogP contribution in [0.25, 0.3) is 0 Å². The summed E-state index contributed by atoms with van der Waals surface area (Å²) in [5.74, 6) is -1.98. The lowest BCUT2D eigenvalue weighted by Crippen LogP contribution is -2.28. The molecule has 1 aromatic rings. The Morgan fingerprint density at radius 1 is 1.31 bits per heavy atom. The molecule has 2 unspecified atom stereocenters. The molecule has 0 fully saturated rings. The van der Waals surface area contributed by atoms with Gasteiger partial charge in [-0.2, -0.15) is 13.2 Å². The number of hydrogen-bond acceptors (Lipinski definition) is 2. The van der Waals surface area contributed by atoms with Crippen molar-refractivity contribution < 1.29 is 13.2 Å². The molecule has 90 valence electrons.